The average Bonchev–Trinajstić information content (AvgIpc) is 3.38. The highest BCUT2D eigenvalue weighted by Gasteiger charge is 2.36. The Bertz CT molecular complexity index is 1670. The summed E-state index contributed by atoms with van der Waals surface area (Å²) in [6.45, 7) is 3.84. The molecule has 1 aliphatic heterocycles. The highest BCUT2D eigenvalue weighted by atomic mass is 79.9. The molecule has 3 aromatic carbocycles. The van der Waals surface area contributed by atoms with Crippen molar-refractivity contribution in [2.24, 2.45) is 0 Å². The molecule has 41 heavy (non-hydrogen) atoms. The van der Waals surface area contributed by atoms with Crippen molar-refractivity contribution in [1.29, 1.82) is 0 Å². The van der Waals surface area contributed by atoms with Crippen LogP contribution in [-0.4, -0.2) is 33.1 Å². The van der Waals surface area contributed by atoms with Crippen LogP contribution in [0.4, 0.5) is 14.9 Å². The average molecular weight is 635 g/mol. The Balaban J connectivity index is 1.27. The van der Waals surface area contributed by atoms with Gasteiger partial charge in [0.1, 0.15) is 24.7 Å². The summed E-state index contributed by atoms with van der Waals surface area (Å²) >= 11 is 4.20. The fraction of sp³-hybridized carbons (Fsp3) is 0.129. The highest BCUT2D eigenvalue weighted by Crippen LogP contribution is 2.34. The van der Waals surface area contributed by atoms with Crippen molar-refractivity contribution in [2.45, 2.75) is 20.5 Å². The second kappa shape index (κ2) is 12.2. The SMILES string of the molecule is Cc1cc(/C=C2\SC(=O)N(CC(=O)Nc3ccccc3F)C2=O)c(C)n1-c1ccc(OCc2ccc(Br)cc2)cc1. The van der Waals surface area contributed by atoms with Crippen molar-refractivity contribution in [2.75, 3.05) is 11.9 Å². The number of rotatable bonds is 8. The van der Waals surface area contributed by atoms with Crippen LogP contribution in [0.5, 0.6) is 5.75 Å². The molecular weight excluding hydrogens is 609 g/mol. The van der Waals surface area contributed by atoms with Crippen LogP contribution in [0, 0.1) is 19.7 Å². The summed E-state index contributed by atoms with van der Waals surface area (Å²) in [5.41, 5.74) is 4.58. The van der Waals surface area contributed by atoms with Gasteiger partial charge < -0.3 is 14.6 Å². The molecule has 3 amide bonds. The van der Waals surface area contributed by atoms with E-state index >= 15 is 0 Å². The van der Waals surface area contributed by atoms with E-state index in [0.717, 1.165) is 55.1 Å². The topological polar surface area (TPSA) is 80.6 Å². The lowest BCUT2D eigenvalue weighted by atomic mass is 10.2. The van der Waals surface area contributed by atoms with E-state index in [1.54, 1.807) is 12.1 Å². The van der Waals surface area contributed by atoms with Crippen molar-refractivity contribution >= 4 is 56.5 Å². The zero-order chi connectivity index (χ0) is 29.1. The normalized spacial score (nSPS) is 14.1. The van der Waals surface area contributed by atoms with Gasteiger partial charge in [0, 0.05) is 21.5 Å². The number of carbonyl (C=O) groups is 3. The third-order valence-corrected chi connectivity index (χ3v) is 7.93. The number of hydrogen-bond donors (Lipinski definition) is 1. The molecule has 1 N–H and O–H groups in total. The van der Waals surface area contributed by atoms with Gasteiger partial charge in [-0.15, -0.1) is 0 Å². The highest BCUT2D eigenvalue weighted by molar-refractivity contribution is 9.10. The summed E-state index contributed by atoms with van der Waals surface area (Å²) in [6.07, 6.45) is 1.66. The van der Waals surface area contributed by atoms with E-state index in [2.05, 4.69) is 25.8 Å². The monoisotopic (exact) mass is 633 g/mol. The van der Waals surface area contributed by atoms with E-state index in [9.17, 15) is 18.8 Å². The van der Waals surface area contributed by atoms with Crippen molar-refractivity contribution < 1.29 is 23.5 Å². The predicted molar refractivity (Wildman–Crippen MR) is 161 cm³/mol. The number of nitrogens with zero attached hydrogens (tertiary/aromatic N) is 2. The van der Waals surface area contributed by atoms with Crippen LogP contribution in [0.2, 0.25) is 0 Å². The van der Waals surface area contributed by atoms with E-state index in [1.807, 2.05) is 68.4 Å². The standard InChI is InChI=1S/C31H25BrFN3O4S/c1-19-15-22(16-28-30(38)35(31(39)41-28)17-29(37)34-27-6-4-3-5-26(27)33)20(2)36(19)24-11-13-25(14-12-24)40-18-21-7-9-23(32)10-8-21/h3-16H,17-18H2,1-2H3,(H,34,37)/b28-16-. The van der Waals surface area contributed by atoms with Crippen LogP contribution in [-0.2, 0) is 16.2 Å². The van der Waals surface area contributed by atoms with Gasteiger partial charge >= 0.3 is 0 Å². The molecule has 208 valence electrons. The lowest BCUT2D eigenvalue weighted by Crippen LogP contribution is -2.36. The van der Waals surface area contributed by atoms with Crippen LogP contribution in [0.1, 0.15) is 22.5 Å². The molecule has 0 radical (unpaired) electrons. The maximum atomic E-state index is 13.9. The largest absolute Gasteiger partial charge is 0.489 e. The maximum Gasteiger partial charge on any atom is 0.294 e. The maximum absolute atomic E-state index is 13.9. The van der Waals surface area contributed by atoms with Gasteiger partial charge in [-0.25, -0.2) is 4.39 Å². The lowest BCUT2D eigenvalue weighted by Gasteiger charge is -2.12. The number of hydrogen-bond acceptors (Lipinski definition) is 5. The number of anilines is 1. The molecule has 5 rings (SSSR count). The minimum Gasteiger partial charge on any atom is -0.489 e. The van der Waals surface area contributed by atoms with Crippen molar-refractivity contribution in [3.8, 4) is 11.4 Å². The molecule has 1 aromatic heterocycles. The second-order valence-corrected chi connectivity index (χ2v) is 11.3. The second-order valence-electron chi connectivity index (χ2n) is 9.37. The van der Waals surface area contributed by atoms with E-state index in [0.29, 0.717) is 6.61 Å². The lowest BCUT2D eigenvalue weighted by molar-refractivity contribution is -0.127. The molecule has 4 aromatic rings. The van der Waals surface area contributed by atoms with Gasteiger partial charge in [0.15, 0.2) is 0 Å². The molecule has 0 saturated carbocycles. The third kappa shape index (κ3) is 6.44. The first-order valence-electron chi connectivity index (χ1n) is 12.7. The Kier molecular flexibility index (Phi) is 8.41. The Labute approximate surface area is 249 Å². The number of thioether (sulfide) groups is 1. The summed E-state index contributed by atoms with van der Waals surface area (Å²) in [5.74, 6) is -1.10. The molecular formula is C31H25BrFN3O4S. The molecule has 1 saturated heterocycles. The van der Waals surface area contributed by atoms with Crippen LogP contribution in [0.3, 0.4) is 0 Å². The number of imide groups is 1. The zero-order valence-electron chi connectivity index (χ0n) is 22.2. The number of ether oxygens (including phenoxy) is 1. The minimum absolute atomic E-state index is 0.0170. The summed E-state index contributed by atoms with van der Waals surface area (Å²) in [4.78, 5) is 39.1. The molecule has 7 nitrogen and oxygen atoms in total. The fourth-order valence-corrected chi connectivity index (χ4v) is 5.54. The summed E-state index contributed by atoms with van der Waals surface area (Å²) in [7, 11) is 0. The van der Waals surface area contributed by atoms with Crippen LogP contribution in [0.25, 0.3) is 11.8 Å². The molecule has 0 atom stereocenters. The van der Waals surface area contributed by atoms with Crippen LogP contribution >= 0.6 is 27.7 Å². The number of halogens is 2. The molecule has 0 bridgehead atoms. The van der Waals surface area contributed by atoms with Gasteiger partial charge in [0.25, 0.3) is 11.1 Å². The molecule has 0 unspecified atom stereocenters. The molecule has 0 spiro atoms. The number of carbonyl (C=O) groups excluding carboxylic acids is 3. The van der Waals surface area contributed by atoms with Gasteiger partial charge in [-0.3, -0.25) is 19.3 Å². The Hall–Kier alpha value is -4.15. The van der Waals surface area contributed by atoms with E-state index in [-0.39, 0.29) is 10.6 Å². The Morgan fingerprint density at radius 3 is 2.44 bits per heavy atom. The van der Waals surface area contributed by atoms with Gasteiger partial charge in [0.2, 0.25) is 5.91 Å². The molecule has 1 aliphatic rings. The van der Waals surface area contributed by atoms with Crippen LogP contribution in [0.15, 0.2) is 88.2 Å². The number of para-hydroxylation sites is 1. The van der Waals surface area contributed by atoms with Crippen LogP contribution < -0.4 is 10.1 Å². The molecule has 0 aliphatic carbocycles. The first kappa shape index (κ1) is 28.4. The number of aryl methyl sites for hydroxylation is 1. The Morgan fingerprint density at radius 2 is 1.73 bits per heavy atom. The predicted octanol–water partition coefficient (Wildman–Crippen LogP) is 7.25. The summed E-state index contributed by atoms with van der Waals surface area (Å²) < 4.78 is 22.8. The Morgan fingerprint density at radius 1 is 1.02 bits per heavy atom. The van der Waals surface area contributed by atoms with Crippen molar-refractivity contribution in [3.63, 3.8) is 0 Å². The van der Waals surface area contributed by atoms with Crippen molar-refractivity contribution in [1.82, 2.24) is 9.47 Å². The number of benzene rings is 3. The molecule has 2 heterocycles. The fourth-order valence-electron chi connectivity index (χ4n) is 4.44. The summed E-state index contributed by atoms with van der Waals surface area (Å²) in [5, 5.41) is 1.84. The molecule has 1 fully saturated rings. The van der Waals surface area contributed by atoms with Gasteiger partial charge in [-0.2, -0.15) is 0 Å². The van der Waals surface area contributed by atoms with Crippen molar-refractivity contribution in [3.05, 3.63) is 117 Å². The first-order chi connectivity index (χ1) is 19.7. The number of amides is 3. The van der Waals surface area contributed by atoms with E-state index < -0.39 is 29.4 Å². The van der Waals surface area contributed by atoms with Gasteiger partial charge in [0.05, 0.1) is 10.6 Å². The van der Waals surface area contributed by atoms with Gasteiger partial charge in [-0.1, -0.05) is 40.2 Å². The number of nitrogens with one attached hydrogen (secondary N) is 1. The number of aromatic nitrogens is 1. The smallest absolute Gasteiger partial charge is 0.294 e. The third-order valence-electron chi connectivity index (χ3n) is 6.49. The zero-order valence-corrected chi connectivity index (χ0v) is 24.6. The van der Waals surface area contributed by atoms with Gasteiger partial charge in [-0.05, 0) is 97.4 Å². The first-order valence-corrected chi connectivity index (χ1v) is 14.3. The molecule has 10 heteroatoms. The summed E-state index contributed by atoms with van der Waals surface area (Å²) in [6, 6.07) is 23.3. The van der Waals surface area contributed by atoms with E-state index in [1.165, 1.54) is 18.2 Å². The van der Waals surface area contributed by atoms with E-state index in [4.69, 9.17) is 4.74 Å². The minimum atomic E-state index is -0.666. The quantitative estimate of drug-likeness (QED) is 0.207.